The molecular weight excluding hydrogens is 176 g/mol. The van der Waals surface area contributed by atoms with E-state index >= 15 is 0 Å². The lowest BCUT2D eigenvalue weighted by molar-refractivity contribution is -0.0481. The Hall–Kier alpha value is -1.46. The summed E-state index contributed by atoms with van der Waals surface area (Å²) in [4.78, 5) is 5.09. The number of rotatable bonds is 8. The van der Waals surface area contributed by atoms with Crippen molar-refractivity contribution in [1.82, 2.24) is 0 Å². The molecule has 0 heterocycles. The third-order valence-corrected chi connectivity index (χ3v) is 0.964. The van der Waals surface area contributed by atoms with Gasteiger partial charge in [0.25, 0.3) is 0 Å². The third kappa shape index (κ3) is 10.5. The maximum Gasteiger partial charge on any atom is 0.146 e. The van der Waals surface area contributed by atoms with Crippen molar-refractivity contribution >= 4 is 0 Å². The summed E-state index contributed by atoms with van der Waals surface area (Å²) in [5, 5.41) is 6.50. The second-order valence-corrected chi connectivity index (χ2v) is 1.84. The third-order valence-electron chi connectivity index (χ3n) is 0.964. The Bertz CT molecular complexity index is 185. The van der Waals surface area contributed by atoms with E-state index in [-0.39, 0.29) is 19.9 Å². The van der Waals surface area contributed by atoms with Crippen molar-refractivity contribution in [2.24, 2.45) is 10.2 Å². The monoisotopic (exact) mass is 186 g/mol. The highest BCUT2D eigenvalue weighted by Crippen LogP contribution is 1.81. The van der Waals surface area contributed by atoms with E-state index in [9.17, 15) is 0 Å². The topological polar surface area (TPSA) is 116 Å². The Balaban J connectivity index is 2.99. The van der Waals surface area contributed by atoms with Gasteiger partial charge in [-0.25, -0.2) is 0 Å². The SMILES string of the molecule is [N-]=[N+]=NCCOCOCCN=[N+]=[N-]. The number of hydrogen-bond donors (Lipinski definition) is 0. The molecule has 0 aromatic rings. The second kappa shape index (κ2) is 10.5. The molecule has 0 fully saturated rings. The van der Waals surface area contributed by atoms with Gasteiger partial charge in [-0.15, -0.1) is 0 Å². The molecule has 0 atom stereocenters. The van der Waals surface area contributed by atoms with E-state index in [4.69, 9.17) is 20.5 Å². The highest BCUT2D eigenvalue weighted by atomic mass is 16.7. The van der Waals surface area contributed by atoms with Crippen molar-refractivity contribution in [2.75, 3.05) is 33.1 Å². The van der Waals surface area contributed by atoms with Crippen molar-refractivity contribution in [2.45, 2.75) is 0 Å². The van der Waals surface area contributed by atoms with Crippen molar-refractivity contribution in [3.8, 4) is 0 Å². The summed E-state index contributed by atoms with van der Waals surface area (Å²) < 4.78 is 9.79. The quantitative estimate of drug-likeness (QED) is 0.188. The Morgan fingerprint density at radius 3 is 1.77 bits per heavy atom. The standard InChI is InChI=1S/C5H10N6O2/c6-10-8-1-3-12-5-13-4-2-9-11-7/h1-5H2. The summed E-state index contributed by atoms with van der Waals surface area (Å²) in [7, 11) is 0. The molecule has 0 bridgehead atoms. The van der Waals surface area contributed by atoms with E-state index < -0.39 is 0 Å². The zero-order valence-electron chi connectivity index (χ0n) is 7.04. The summed E-state index contributed by atoms with van der Waals surface area (Å²) >= 11 is 0. The molecule has 0 radical (unpaired) electrons. The molecule has 0 saturated heterocycles. The summed E-state index contributed by atoms with van der Waals surface area (Å²) in [6.07, 6.45) is 0. The fourth-order valence-corrected chi connectivity index (χ4v) is 0.477. The van der Waals surface area contributed by atoms with Crippen LogP contribution in [0.25, 0.3) is 20.9 Å². The molecule has 0 aromatic heterocycles. The average Bonchev–Trinajstić information content (AvgIpc) is 2.16. The first-order chi connectivity index (χ1) is 6.41. The van der Waals surface area contributed by atoms with Crippen molar-refractivity contribution < 1.29 is 9.47 Å². The van der Waals surface area contributed by atoms with Gasteiger partial charge in [0.15, 0.2) is 0 Å². The van der Waals surface area contributed by atoms with Gasteiger partial charge in [-0.1, -0.05) is 10.2 Å². The van der Waals surface area contributed by atoms with Crippen LogP contribution >= 0.6 is 0 Å². The predicted octanol–water partition coefficient (Wildman–Crippen LogP) is 1.60. The van der Waals surface area contributed by atoms with Crippen LogP contribution in [0.3, 0.4) is 0 Å². The first-order valence-corrected chi connectivity index (χ1v) is 3.59. The molecule has 8 nitrogen and oxygen atoms in total. The molecule has 0 aliphatic carbocycles. The maximum atomic E-state index is 7.89. The molecule has 0 aliphatic rings. The summed E-state index contributed by atoms with van der Waals surface area (Å²) in [6, 6.07) is 0. The van der Waals surface area contributed by atoms with E-state index in [2.05, 4.69) is 20.1 Å². The van der Waals surface area contributed by atoms with Gasteiger partial charge in [-0.3, -0.25) is 0 Å². The van der Waals surface area contributed by atoms with Gasteiger partial charge >= 0.3 is 0 Å². The molecule has 0 rings (SSSR count). The molecular formula is C5H10N6O2. The van der Waals surface area contributed by atoms with Crippen LogP contribution in [-0.4, -0.2) is 33.1 Å². The predicted molar refractivity (Wildman–Crippen MR) is 44.8 cm³/mol. The first kappa shape index (κ1) is 11.5. The zero-order chi connectivity index (χ0) is 9.78. The largest absolute Gasteiger partial charge is 0.355 e. The van der Waals surface area contributed by atoms with Crippen LogP contribution in [0.4, 0.5) is 0 Å². The normalized spacial score (nSPS) is 8.62. The van der Waals surface area contributed by atoms with Crippen molar-refractivity contribution in [1.29, 1.82) is 0 Å². The Labute approximate surface area is 74.7 Å². The molecule has 0 aliphatic heterocycles. The minimum atomic E-state index is 0.113. The number of ether oxygens (including phenoxy) is 2. The van der Waals surface area contributed by atoms with Gasteiger partial charge in [0.2, 0.25) is 0 Å². The molecule has 0 saturated carbocycles. The fraction of sp³-hybridized carbons (Fsp3) is 1.00. The van der Waals surface area contributed by atoms with Gasteiger partial charge in [0.05, 0.1) is 13.2 Å². The lowest BCUT2D eigenvalue weighted by Crippen LogP contribution is -2.05. The Morgan fingerprint density at radius 2 is 1.38 bits per heavy atom. The van der Waals surface area contributed by atoms with E-state index in [1.807, 2.05) is 0 Å². The van der Waals surface area contributed by atoms with Crippen LogP contribution in [0.2, 0.25) is 0 Å². The average molecular weight is 186 g/mol. The van der Waals surface area contributed by atoms with Crippen molar-refractivity contribution in [3.05, 3.63) is 20.9 Å². The lowest BCUT2D eigenvalue weighted by Gasteiger charge is -2.01. The van der Waals surface area contributed by atoms with Crippen LogP contribution in [-0.2, 0) is 9.47 Å². The molecule has 13 heavy (non-hydrogen) atoms. The van der Waals surface area contributed by atoms with Crippen molar-refractivity contribution in [3.63, 3.8) is 0 Å². The van der Waals surface area contributed by atoms with Crippen LogP contribution in [0.1, 0.15) is 0 Å². The van der Waals surface area contributed by atoms with E-state index in [1.54, 1.807) is 0 Å². The molecule has 0 spiro atoms. The molecule has 72 valence electrons. The molecule has 0 amide bonds. The number of hydrogen-bond acceptors (Lipinski definition) is 4. The second-order valence-electron chi connectivity index (χ2n) is 1.84. The highest BCUT2D eigenvalue weighted by Gasteiger charge is 1.86. The van der Waals surface area contributed by atoms with Gasteiger partial charge in [0, 0.05) is 22.9 Å². The summed E-state index contributed by atoms with van der Waals surface area (Å²) in [5.41, 5.74) is 15.8. The van der Waals surface area contributed by atoms with Crippen LogP contribution < -0.4 is 0 Å². The maximum absolute atomic E-state index is 7.89. The van der Waals surface area contributed by atoms with Crippen LogP contribution in [0.15, 0.2) is 10.2 Å². The smallest absolute Gasteiger partial charge is 0.146 e. The number of nitrogens with zero attached hydrogens (tertiary/aromatic N) is 6. The Kier molecular flexibility index (Phi) is 9.36. The van der Waals surface area contributed by atoms with Crippen LogP contribution in [0.5, 0.6) is 0 Å². The lowest BCUT2D eigenvalue weighted by atomic mass is 10.7. The van der Waals surface area contributed by atoms with E-state index in [0.29, 0.717) is 13.2 Å². The molecule has 8 heteroatoms. The number of azide groups is 2. The van der Waals surface area contributed by atoms with Gasteiger partial charge in [0.1, 0.15) is 6.79 Å². The molecule has 0 aromatic carbocycles. The first-order valence-electron chi connectivity index (χ1n) is 3.59. The molecule has 0 unspecified atom stereocenters. The van der Waals surface area contributed by atoms with Crippen LogP contribution in [0, 0.1) is 0 Å². The Morgan fingerprint density at radius 1 is 0.923 bits per heavy atom. The van der Waals surface area contributed by atoms with E-state index in [1.165, 1.54) is 0 Å². The molecule has 0 N–H and O–H groups in total. The zero-order valence-corrected chi connectivity index (χ0v) is 7.04. The van der Waals surface area contributed by atoms with E-state index in [0.717, 1.165) is 0 Å². The van der Waals surface area contributed by atoms with Gasteiger partial charge in [-0.05, 0) is 11.1 Å². The van der Waals surface area contributed by atoms with Gasteiger partial charge < -0.3 is 9.47 Å². The minimum Gasteiger partial charge on any atom is -0.355 e. The fourth-order valence-electron chi connectivity index (χ4n) is 0.477. The summed E-state index contributed by atoms with van der Waals surface area (Å²) in [6.45, 7) is 1.34. The highest BCUT2D eigenvalue weighted by molar-refractivity contribution is 4.44. The summed E-state index contributed by atoms with van der Waals surface area (Å²) in [5.74, 6) is 0. The minimum absolute atomic E-state index is 0.113. The van der Waals surface area contributed by atoms with Gasteiger partial charge in [-0.2, -0.15) is 0 Å².